The van der Waals surface area contributed by atoms with Gasteiger partial charge in [0.1, 0.15) is 5.78 Å². The number of hydrogen-bond acceptors (Lipinski definition) is 5. The number of carbonyl (C=O) groups excluding carboxylic acids is 1. The molecule has 28 heavy (non-hydrogen) atoms. The van der Waals surface area contributed by atoms with Gasteiger partial charge in [0.25, 0.3) is 0 Å². The van der Waals surface area contributed by atoms with Crippen LogP contribution in [0.1, 0.15) is 65.7 Å². The van der Waals surface area contributed by atoms with Crippen molar-refractivity contribution in [1.29, 1.82) is 0 Å². The Morgan fingerprint density at radius 3 is 2.46 bits per heavy atom. The molecule has 1 aliphatic carbocycles. The summed E-state index contributed by atoms with van der Waals surface area (Å²) in [4.78, 5) is 17.6. The van der Waals surface area contributed by atoms with Gasteiger partial charge < -0.3 is 14.4 Å². The molecule has 2 saturated heterocycles. The molecule has 2 heterocycles. The van der Waals surface area contributed by atoms with E-state index in [4.69, 9.17) is 9.47 Å². The van der Waals surface area contributed by atoms with Crippen LogP contribution in [-0.2, 0) is 14.3 Å². The molecular formula is C23H42N2O3. The minimum Gasteiger partial charge on any atom is -0.381 e. The van der Waals surface area contributed by atoms with Crippen molar-refractivity contribution in [2.24, 2.45) is 11.8 Å². The number of hydrogen-bond donors (Lipinski definition) is 0. The zero-order valence-corrected chi connectivity index (χ0v) is 18.6. The Morgan fingerprint density at radius 2 is 1.82 bits per heavy atom. The third-order valence-electron chi connectivity index (χ3n) is 7.54. The molecular weight excluding hydrogens is 352 g/mol. The molecule has 162 valence electrons. The zero-order valence-electron chi connectivity index (χ0n) is 18.6. The van der Waals surface area contributed by atoms with E-state index in [9.17, 15) is 4.79 Å². The van der Waals surface area contributed by atoms with Crippen LogP contribution in [0.5, 0.6) is 0 Å². The number of ketones is 1. The van der Waals surface area contributed by atoms with Gasteiger partial charge in [-0.15, -0.1) is 0 Å². The van der Waals surface area contributed by atoms with Crippen molar-refractivity contribution in [3.05, 3.63) is 0 Å². The van der Waals surface area contributed by atoms with Crippen molar-refractivity contribution < 1.29 is 14.3 Å². The highest BCUT2D eigenvalue weighted by molar-refractivity contribution is 5.80. The Balaban J connectivity index is 1.48. The maximum Gasteiger partial charge on any atom is 0.134 e. The van der Waals surface area contributed by atoms with Gasteiger partial charge in [-0.1, -0.05) is 6.92 Å². The third-order valence-corrected chi connectivity index (χ3v) is 7.54. The summed E-state index contributed by atoms with van der Waals surface area (Å²) in [5.41, 5.74) is 0. The topological polar surface area (TPSA) is 42.0 Å². The van der Waals surface area contributed by atoms with Crippen molar-refractivity contribution >= 4 is 5.78 Å². The Kier molecular flexibility index (Phi) is 8.34. The second kappa shape index (κ2) is 10.5. The number of ether oxygens (including phenoxy) is 2. The standard InChI is InChI=1S/C23H42N2O3/c1-5-15-28-19-9-13-24(14-10-19)11-6-12-25-17(2)23(18(3)26)21-8-7-20(27-4)16-22(21)25/h17,19-23H,5-16H2,1-4H3/t17-,20?,21?,22+,23?/m1/s1. The lowest BCUT2D eigenvalue weighted by Crippen LogP contribution is -2.43. The molecule has 2 aliphatic heterocycles. The number of methoxy groups -OCH3 is 1. The van der Waals surface area contributed by atoms with Gasteiger partial charge >= 0.3 is 0 Å². The van der Waals surface area contributed by atoms with Crippen LogP contribution >= 0.6 is 0 Å². The number of rotatable bonds is 9. The van der Waals surface area contributed by atoms with E-state index in [2.05, 4.69) is 23.6 Å². The molecule has 0 spiro atoms. The smallest absolute Gasteiger partial charge is 0.134 e. The van der Waals surface area contributed by atoms with Crippen LogP contribution in [-0.4, -0.2) is 79.8 Å². The van der Waals surface area contributed by atoms with Crippen molar-refractivity contribution in [2.75, 3.05) is 39.9 Å². The van der Waals surface area contributed by atoms with E-state index in [-0.39, 0.29) is 5.92 Å². The molecule has 0 aromatic heterocycles. The fourth-order valence-electron chi connectivity index (χ4n) is 6.08. The molecule has 5 atom stereocenters. The van der Waals surface area contributed by atoms with E-state index in [1.165, 1.54) is 25.8 Å². The monoisotopic (exact) mass is 394 g/mol. The van der Waals surface area contributed by atoms with Crippen molar-refractivity contribution in [2.45, 2.75) is 90.0 Å². The van der Waals surface area contributed by atoms with E-state index in [0.29, 0.717) is 36.0 Å². The third kappa shape index (κ3) is 5.16. The average Bonchev–Trinajstić information content (AvgIpc) is 2.98. The number of carbonyl (C=O) groups is 1. The average molecular weight is 395 g/mol. The lowest BCUT2D eigenvalue weighted by atomic mass is 9.76. The maximum absolute atomic E-state index is 12.4. The van der Waals surface area contributed by atoms with Gasteiger partial charge in [0, 0.05) is 44.8 Å². The van der Waals surface area contributed by atoms with Crippen LogP contribution in [0, 0.1) is 11.8 Å². The first kappa shape index (κ1) is 22.2. The maximum atomic E-state index is 12.4. The van der Waals surface area contributed by atoms with Crippen molar-refractivity contribution in [3.63, 3.8) is 0 Å². The minimum atomic E-state index is 0.217. The molecule has 3 aliphatic rings. The van der Waals surface area contributed by atoms with E-state index < -0.39 is 0 Å². The van der Waals surface area contributed by atoms with Gasteiger partial charge in [0.05, 0.1) is 12.2 Å². The van der Waals surface area contributed by atoms with E-state index in [1.807, 2.05) is 7.11 Å². The summed E-state index contributed by atoms with van der Waals surface area (Å²) in [5, 5.41) is 0. The summed E-state index contributed by atoms with van der Waals surface area (Å²) >= 11 is 0. The lowest BCUT2D eigenvalue weighted by Gasteiger charge is -2.37. The number of nitrogens with zero attached hydrogens (tertiary/aromatic N) is 2. The Morgan fingerprint density at radius 1 is 1.07 bits per heavy atom. The van der Waals surface area contributed by atoms with Gasteiger partial charge in [0.2, 0.25) is 0 Å². The summed E-state index contributed by atoms with van der Waals surface area (Å²) in [6.07, 6.45) is 8.83. The second-order valence-corrected chi connectivity index (χ2v) is 9.28. The number of piperidine rings is 1. The second-order valence-electron chi connectivity index (χ2n) is 9.28. The normalized spacial score (nSPS) is 35.2. The molecule has 5 heteroatoms. The van der Waals surface area contributed by atoms with Crippen LogP contribution < -0.4 is 0 Å². The number of likely N-dealkylation sites (tertiary alicyclic amines) is 2. The quantitative estimate of drug-likeness (QED) is 0.600. The molecule has 0 N–H and O–H groups in total. The fraction of sp³-hybridized carbons (Fsp3) is 0.957. The summed E-state index contributed by atoms with van der Waals surface area (Å²) in [5.74, 6) is 1.13. The lowest BCUT2D eigenvalue weighted by molar-refractivity contribution is -0.122. The van der Waals surface area contributed by atoms with Gasteiger partial charge in [0.15, 0.2) is 0 Å². The summed E-state index contributed by atoms with van der Waals surface area (Å²) in [6.45, 7) is 11.8. The van der Waals surface area contributed by atoms with Crippen LogP contribution in [0.2, 0.25) is 0 Å². The van der Waals surface area contributed by atoms with Gasteiger partial charge in [-0.05, 0) is 77.8 Å². The molecule has 3 fully saturated rings. The first-order valence-corrected chi connectivity index (χ1v) is 11.7. The molecule has 3 rings (SSSR count). The predicted molar refractivity (Wildman–Crippen MR) is 113 cm³/mol. The number of Topliss-reactive ketones (excluding diaryl/α,β-unsaturated/α-hetero) is 1. The highest BCUT2D eigenvalue weighted by atomic mass is 16.5. The largest absolute Gasteiger partial charge is 0.381 e. The molecule has 1 saturated carbocycles. The van der Waals surface area contributed by atoms with E-state index in [1.54, 1.807) is 6.92 Å². The van der Waals surface area contributed by atoms with Crippen molar-refractivity contribution in [3.8, 4) is 0 Å². The molecule has 0 radical (unpaired) electrons. The highest BCUT2D eigenvalue weighted by Crippen LogP contribution is 2.44. The highest BCUT2D eigenvalue weighted by Gasteiger charge is 2.50. The minimum absolute atomic E-state index is 0.217. The first-order valence-electron chi connectivity index (χ1n) is 11.7. The van der Waals surface area contributed by atoms with Crippen LogP contribution in [0.4, 0.5) is 0 Å². The predicted octanol–water partition coefficient (Wildman–Crippen LogP) is 3.36. The Bertz CT molecular complexity index is 492. The molecule has 0 aromatic carbocycles. The van der Waals surface area contributed by atoms with Gasteiger partial charge in [-0.25, -0.2) is 0 Å². The summed E-state index contributed by atoms with van der Waals surface area (Å²) in [6, 6.07) is 0.895. The Hall–Kier alpha value is -0.490. The van der Waals surface area contributed by atoms with Gasteiger partial charge in [-0.2, -0.15) is 0 Å². The number of fused-ring (bicyclic) bond motifs is 1. The van der Waals surface area contributed by atoms with Crippen LogP contribution in [0.25, 0.3) is 0 Å². The SMILES string of the molecule is CCCOC1CCN(CCCN2[C@H](C)C(C(C)=O)C3CCC(OC)C[C@@H]32)CC1. The summed E-state index contributed by atoms with van der Waals surface area (Å²) in [7, 11) is 1.84. The van der Waals surface area contributed by atoms with Gasteiger partial charge in [-0.3, -0.25) is 9.69 Å². The van der Waals surface area contributed by atoms with E-state index in [0.717, 1.165) is 51.9 Å². The molecule has 5 nitrogen and oxygen atoms in total. The van der Waals surface area contributed by atoms with E-state index >= 15 is 0 Å². The van der Waals surface area contributed by atoms with Crippen LogP contribution in [0.15, 0.2) is 0 Å². The molecule has 3 unspecified atom stereocenters. The fourth-order valence-corrected chi connectivity index (χ4v) is 6.08. The molecule has 0 aromatic rings. The molecule has 0 amide bonds. The zero-order chi connectivity index (χ0) is 20.1. The Labute approximate surface area is 172 Å². The van der Waals surface area contributed by atoms with Crippen molar-refractivity contribution in [1.82, 2.24) is 9.80 Å². The first-order chi connectivity index (χ1) is 13.5. The molecule has 0 bridgehead atoms. The van der Waals surface area contributed by atoms with Crippen LogP contribution in [0.3, 0.4) is 0 Å². The summed E-state index contributed by atoms with van der Waals surface area (Å²) < 4.78 is 11.6.